The first kappa shape index (κ1) is 26.3. The van der Waals surface area contributed by atoms with Gasteiger partial charge in [0.2, 0.25) is 0 Å². The molecule has 1 heterocycles. The number of nitrogens with zero attached hydrogens (tertiary/aromatic N) is 2. The molecule has 0 aromatic heterocycles. The Hall–Kier alpha value is -0.970. The Bertz CT molecular complexity index is 664. The third-order valence-electron chi connectivity index (χ3n) is 6.37. The Morgan fingerprint density at radius 3 is 2.52 bits per heavy atom. The van der Waals surface area contributed by atoms with Gasteiger partial charge in [0.1, 0.15) is 5.82 Å². The second kappa shape index (κ2) is 13.5. The van der Waals surface area contributed by atoms with E-state index in [1.807, 2.05) is 12.1 Å². The average Bonchev–Trinajstić information content (AvgIpc) is 2.74. The van der Waals surface area contributed by atoms with E-state index >= 15 is 0 Å². The van der Waals surface area contributed by atoms with E-state index in [1.54, 1.807) is 7.11 Å². The van der Waals surface area contributed by atoms with Crippen LogP contribution in [0.4, 0.5) is 4.39 Å². The fourth-order valence-electron chi connectivity index (χ4n) is 4.30. The van der Waals surface area contributed by atoms with Crippen LogP contribution in [0.25, 0.3) is 0 Å². The zero-order valence-corrected chi connectivity index (χ0v) is 21.2. The van der Waals surface area contributed by atoms with Gasteiger partial charge in [0.05, 0.1) is 19.3 Å². The maximum absolute atomic E-state index is 13.5. The van der Waals surface area contributed by atoms with Crippen LogP contribution in [-0.4, -0.2) is 70.5 Å². The molecular weight excluding hydrogens is 510 g/mol. The summed E-state index contributed by atoms with van der Waals surface area (Å²) in [5.41, 5.74) is 1.40. The van der Waals surface area contributed by atoms with Gasteiger partial charge in [-0.3, -0.25) is 9.89 Å². The van der Waals surface area contributed by atoms with Gasteiger partial charge in [0, 0.05) is 46.4 Å². The third-order valence-corrected chi connectivity index (χ3v) is 6.37. The summed E-state index contributed by atoms with van der Waals surface area (Å²) in [6, 6.07) is 6.99. The van der Waals surface area contributed by atoms with Crippen molar-refractivity contribution in [1.29, 1.82) is 0 Å². The summed E-state index contributed by atoms with van der Waals surface area (Å²) in [4.78, 5) is 7.32. The minimum atomic E-state index is -0.204. The van der Waals surface area contributed by atoms with Gasteiger partial charge in [0.15, 0.2) is 5.96 Å². The van der Waals surface area contributed by atoms with E-state index in [-0.39, 0.29) is 35.8 Å². The molecule has 1 saturated carbocycles. The molecule has 3 rings (SSSR count). The predicted molar refractivity (Wildman–Crippen MR) is 134 cm³/mol. The van der Waals surface area contributed by atoms with Crippen molar-refractivity contribution in [1.82, 2.24) is 15.5 Å². The number of guanidine groups is 1. The molecule has 1 atom stereocenters. The van der Waals surface area contributed by atoms with Gasteiger partial charge in [-0.05, 0) is 49.3 Å². The summed E-state index contributed by atoms with van der Waals surface area (Å²) < 4.78 is 24.3. The minimum absolute atomic E-state index is 0. The summed E-state index contributed by atoms with van der Waals surface area (Å²) in [6.07, 6.45) is 4.81. The molecule has 1 unspecified atom stereocenters. The molecular formula is C23H38FIN4O2. The number of aliphatic imine (C=N–C) groups is 1. The van der Waals surface area contributed by atoms with Crippen molar-refractivity contribution in [2.24, 2.45) is 10.4 Å². The van der Waals surface area contributed by atoms with Crippen LogP contribution < -0.4 is 10.6 Å². The van der Waals surface area contributed by atoms with Crippen LogP contribution >= 0.6 is 24.0 Å². The van der Waals surface area contributed by atoms with Gasteiger partial charge in [0.25, 0.3) is 0 Å². The van der Waals surface area contributed by atoms with Crippen LogP contribution in [-0.2, 0) is 9.47 Å². The van der Waals surface area contributed by atoms with Gasteiger partial charge in [-0.1, -0.05) is 18.6 Å². The Balaban J connectivity index is 0.00000341. The molecule has 1 aliphatic heterocycles. The Labute approximate surface area is 203 Å². The van der Waals surface area contributed by atoms with Crippen LogP contribution in [0.15, 0.2) is 29.3 Å². The third kappa shape index (κ3) is 7.83. The zero-order chi connectivity index (χ0) is 21.2. The highest BCUT2D eigenvalue weighted by atomic mass is 127. The van der Waals surface area contributed by atoms with Crippen molar-refractivity contribution in [2.75, 3.05) is 59.7 Å². The van der Waals surface area contributed by atoms with Crippen LogP contribution in [0.5, 0.6) is 0 Å². The minimum Gasteiger partial charge on any atom is -0.385 e. The number of rotatable bonds is 10. The van der Waals surface area contributed by atoms with E-state index < -0.39 is 0 Å². The van der Waals surface area contributed by atoms with E-state index in [2.05, 4.69) is 22.5 Å². The topological polar surface area (TPSA) is 58.1 Å². The number of nitrogens with one attached hydrogen (secondary N) is 2. The van der Waals surface area contributed by atoms with Gasteiger partial charge in [-0.25, -0.2) is 4.39 Å². The lowest BCUT2D eigenvalue weighted by Crippen LogP contribution is -2.46. The molecule has 2 N–H and O–H groups in total. The number of hydrogen-bond acceptors (Lipinski definition) is 4. The maximum atomic E-state index is 13.5. The normalized spacial score (nSPS) is 19.8. The molecule has 1 saturated heterocycles. The molecule has 6 nitrogen and oxygen atoms in total. The maximum Gasteiger partial charge on any atom is 0.191 e. The van der Waals surface area contributed by atoms with Crippen molar-refractivity contribution in [2.45, 2.75) is 38.6 Å². The van der Waals surface area contributed by atoms with Crippen molar-refractivity contribution in [3.05, 3.63) is 35.6 Å². The van der Waals surface area contributed by atoms with Crippen molar-refractivity contribution >= 4 is 29.9 Å². The summed E-state index contributed by atoms with van der Waals surface area (Å²) in [6.45, 7) is 8.43. The molecule has 2 fully saturated rings. The first-order chi connectivity index (χ1) is 14.7. The molecule has 1 aromatic carbocycles. The van der Waals surface area contributed by atoms with Crippen LogP contribution in [0.2, 0.25) is 0 Å². The van der Waals surface area contributed by atoms with E-state index in [0.29, 0.717) is 12.0 Å². The lowest BCUT2D eigenvalue weighted by Gasteiger charge is -2.41. The van der Waals surface area contributed by atoms with E-state index in [4.69, 9.17) is 14.5 Å². The smallest absolute Gasteiger partial charge is 0.191 e. The summed E-state index contributed by atoms with van der Waals surface area (Å²) in [5, 5.41) is 6.92. The Morgan fingerprint density at radius 2 is 1.94 bits per heavy atom. The van der Waals surface area contributed by atoms with E-state index in [1.165, 1.54) is 31.4 Å². The van der Waals surface area contributed by atoms with Gasteiger partial charge in [-0.15, -0.1) is 24.0 Å². The van der Waals surface area contributed by atoms with Crippen LogP contribution in [0, 0.1) is 11.2 Å². The Kier molecular flexibility index (Phi) is 11.5. The molecule has 1 aromatic rings. The average molecular weight is 548 g/mol. The SMILES string of the molecule is CCNC(=NCC1(CCOC)CCC1)NCC(c1ccc(F)cc1)N1CCOCC1.I. The molecule has 0 bridgehead atoms. The number of morpholine rings is 1. The summed E-state index contributed by atoms with van der Waals surface area (Å²) >= 11 is 0. The second-order valence-electron chi connectivity index (χ2n) is 8.39. The largest absolute Gasteiger partial charge is 0.385 e. The fourth-order valence-corrected chi connectivity index (χ4v) is 4.30. The molecule has 176 valence electrons. The number of benzene rings is 1. The molecule has 8 heteroatoms. The molecule has 0 radical (unpaired) electrons. The monoisotopic (exact) mass is 548 g/mol. The van der Waals surface area contributed by atoms with E-state index in [9.17, 15) is 4.39 Å². The van der Waals surface area contributed by atoms with Crippen LogP contribution in [0.3, 0.4) is 0 Å². The van der Waals surface area contributed by atoms with Gasteiger partial charge < -0.3 is 20.1 Å². The summed E-state index contributed by atoms with van der Waals surface area (Å²) in [7, 11) is 1.77. The first-order valence-electron chi connectivity index (χ1n) is 11.2. The first-order valence-corrected chi connectivity index (χ1v) is 11.2. The van der Waals surface area contributed by atoms with Crippen molar-refractivity contribution in [3.63, 3.8) is 0 Å². The lowest BCUT2D eigenvalue weighted by atomic mass is 9.67. The highest BCUT2D eigenvalue weighted by molar-refractivity contribution is 14.0. The number of ether oxygens (including phenoxy) is 2. The highest BCUT2D eigenvalue weighted by Gasteiger charge is 2.36. The number of halogens is 2. The molecule has 2 aliphatic rings. The number of hydrogen-bond donors (Lipinski definition) is 2. The fraction of sp³-hybridized carbons (Fsp3) is 0.696. The van der Waals surface area contributed by atoms with Gasteiger partial charge in [-0.2, -0.15) is 0 Å². The predicted octanol–water partition coefficient (Wildman–Crippen LogP) is 3.58. The number of methoxy groups -OCH3 is 1. The lowest BCUT2D eigenvalue weighted by molar-refractivity contribution is 0.0169. The quantitative estimate of drug-likeness (QED) is 0.266. The van der Waals surface area contributed by atoms with Gasteiger partial charge >= 0.3 is 0 Å². The molecule has 0 spiro atoms. The van der Waals surface area contributed by atoms with Crippen molar-refractivity contribution in [3.8, 4) is 0 Å². The van der Waals surface area contributed by atoms with Crippen molar-refractivity contribution < 1.29 is 13.9 Å². The van der Waals surface area contributed by atoms with Crippen LogP contribution in [0.1, 0.15) is 44.2 Å². The second-order valence-corrected chi connectivity index (χ2v) is 8.39. The van der Waals surface area contributed by atoms with E-state index in [0.717, 1.165) is 63.9 Å². The molecule has 0 amide bonds. The summed E-state index contributed by atoms with van der Waals surface area (Å²) in [5.74, 6) is 0.644. The standard InChI is InChI=1S/C23H37FN4O2.HI/c1-3-25-22(27-18-23(9-4-10-23)11-14-29-2)26-17-21(28-12-15-30-16-13-28)19-5-7-20(24)8-6-19;/h5-8,21H,3-4,9-18H2,1-2H3,(H2,25,26,27);1H. The zero-order valence-electron chi connectivity index (χ0n) is 18.9. The molecule has 31 heavy (non-hydrogen) atoms. The highest BCUT2D eigenvalue weighted by Crippen LogP contribution is 2.44. The molecule has 1 aliphatic carbocycles. The Morgan fingerprint density at radius 1 is 1.23 bits per heavy atom.